The normalized spacial score (nSPS) is 12.6. The lowest BCUT2D eigenvalue weighted by Crippen LogP contribution is -1.80. The van der Waals surface area contributed by atoms with Gasteiger partial charge in [-0.1, -0.05) is 55.2 Å². The average Bonchev–Trinajstić information content (AvgIpc) is 2.14. The van der Waals surface area contributed by atoms with Crippen molar-refractivity contribution in [3.8, 4) is 0 Å². The SMILES string of the molecule is C=C/C=C\C(=C)CC(/C=C\C)=C/C. The van der Waals surface area contributed by atoms with Crippen molar-refractivity contribution in [2.75, 3.05) is 0 Å². The van der Waals surface area contributed by atoms with Gasteiger partial charge in [0.25, 0.3) is 0 Å². The maximum absolute atomic E-state index is 3.95. The van der Waals surface area contributed by atoms with Crippen molar-refractivity contribution in [3.63, 3.8) is 0 Å². The summed E-state index contributed by atoms with van der Waals surface area (Å²) in [4.78, 5) is 0. The molecule has 0 saturated carbocycles. The Morgan fingerprint density at radius 2 is 1.92 bits per heavy atom. The van der Waals surface area contributed by atoms with Gasteiger partial charge in [-0.15, -0.1) is 0 Å². The minimum absolute atomic E-state index is 0.908. The fraction of sp³-hybridized carbons (Fsp3) is 0.231. The molecular weight excluding hydrogens is 156 g/mol. The van der Waals surface area contributed by atoms with E-state index in [4.69, 9.17) is 0 Å². The van der Waals surface area contributed by atoms with Gasteiger partial charge in [0.05, 0.1) is 0 Å². The van der Waals surface area contributed by atoms with Crippen molar-refractivity contribution in [2.24, 2.45) is 0 Å². The topological polar surface area (TPSA) is 0 Å². The largest absolute Gasteiger partial charge is 0.0991 e. The van der Waals surface area contributed by atoms with Crippen LogP contribution in [-0.2, 0) is 0 Å². The molecule has 0 aromatic carbocycles. The van der Waals surface area contributed by atoms with E-state index in [9.17, 15) is 0 Å². The Labute approximate surface area is 81.7 Å². The molecule has 0 heteroatoms. The van der Waals surface area contributed by atoms with E-state index in [1.54, 1.807) is 6.08 Å². The molecule has 13 heavy (non-hydrogen) atoms. The third-order valence-electron chi connectivity index (χ3n) is 1.65. The molecule has 0 saturated heterocycles. The van der Waals surface area contributed by atoms with Gasteiger partial charge in [0.2, 0.25) is 0 Å². The molecule has 0 aromatic rings. The summed E-state index contributed by atoms with van der Waals surface area (Å²) < 4.78 is 0. The fourth-order valence-electron chi connectivity index (χ4n) is 0.997. The van der Waals surface area contributed by atoms with Crippen LogP contribution in [0, 0.1) is 0 Å². The van der Waals surface area contributed by atoms with Gasteiger partial charge in [-0.2, -0.15) is 0 Å². The lowest BCUT2D eigenvalue weighted by Gasteiger charge is -2.00. The molecule has 0 aromatic heterocycles. The lowest BCUT2D eigenvalue weighted by atomic mass is 10.1. The van der Waals surface area contributed by atoms with Crippen LogP contribution in [0.25, 0.3) is 0 Å². The van der Waals surface area contributed by atoms with Crippen molar-refractivity contribution < 1.29 is 0 Å². The summed E-state index contributed by atoms with van der Waals surface area (Å²) in [5, 5.41) is 0. The predicted octanol–water partition coefficient (Wildman–Crippen LogP) is 4.20. The summed E-state index contributed by atoms with van der Waals surface area (Å²) in [5.41, 5.74) is 2.40. The zero-order chi connectivity index (χ0) is 10.1. The van der Waals surface area contributed by atoms with Crippen molar-refractivity contribution in [3.05, 3.63) is 60.8 Å². The maximum Gasteiger partial charge on any atom is -0.00350 e. The van der Waals surface area contributed by atoms with Crippen LogP contribution in [0.4, 0.5) is 0 Å². The van der Waals surface area contributed by atoms with Crippen molar-refractivity contribution in [1.82, 2.24) is 0 Å². The molecule has 0 unspecified atom stereocenters. The molecule has 0 aliphatic carbocycles. The quantitative estimate of drug-likeness (QED) is 0.548. The number of allylic oxidation sites excluding steroid dienone is 8. The van der Waals surface area contributed by atoms with Gasteiger partial charge >= 0.3 is 0 Å². The van der Waals surface area contributed by atoms with E-state index in [1.807, 2.05) is 32.1 Å². The summed E-state index contributed by atoms with van der Waals surface area (Å²) in [6.45, 7) is 11.6. The van der Waals surface area contributed by atoms with Crippen LogP contribution in [0.15, 0.2) is 60.8 Å². The smallest absolute Gasteiger partial charge is 0.00350 e. The molecule has 0 aliphatic rings. The minimum Gasteiger partial charge on any atom is -0.0991 e. The molecule has 0 aliphatic heterocycles. The van der Waals surface area contributed by atoms with Gasteiger partial charge in [0.1, 0.15) is 0 Å². The van der Waals surface area contributed by atoms with E-state index in [2.05, 4.69) is 25.3 Å². The first-order valence-electron chi connectivity index (χ1n) is 4.49. The Bertz CT molecular complexity index is 249. The van der Waals surface area contributed by atoms with Crippen molar-refractivity contribution in [2.45, 2.75) is 20.3 Å². The second-order valence-corrected chi connectivity index (χ2v) is 2.79. The summed E-state index contributed by atoms with van der Waals surface area (Å²) in [6, 6.07) is 0. The molecule has 0 bridgehead atoms. The van der Waals surface area contributed by atoms with E-state index < -0.39 is 0 Å². The molecular formula is C13H18. The standard InChI is InChI=1S/C13H18/c1-5-8-10-12(4)11-13(7-3)9-6-2/h5-10H,1,4,11H2,2-3H3/b9-6-,10-8-,13-7+. The van der Waals surface area contributed by atoms with Crippen LogP contribution in [0.5, 0.6) is 0 Å². The second kappa shape index (κ2) is 7.35. The van der Waals surface area contributed by atoms with Crippen LogP contribution in [0.2, 0.25) is 0 Å². The van der Waals surface area contributed by atoms with Gasteiger partial charge in [0, 0.05) is 0 Å². The first kappa shape index (κ1) is 11.7. The highest BCUT2D eigenvalue weighted by Crippen LogP contribution is 2.11. The number of rotatable bonds is 5. The first-order chi connectivity index (χ1) is 6.24. The number of hydrogen-bond donors (Lipinski definition) is 0. The van der Waals surface area contributed by atoms with E-state index >= 15 is 0 Å². The lowest BCUT2D eigenvalue weighted by molar-refractivity contribution is 1.20. The first-order valence-corrected chi connectivity index (χ1v) is 4.49. The highest BCUT2D eigenvalue weighted by Gasteiger charge is 1.91. The zero-order valence-corrected chi connectivity index (χ0v) is 8.59. The van der Waals surface area contributed by atoms with E-state index in [0.29, 0.717) is 0 Å². The third kappa shape index (κ3) is 5.92. The molecule has 0 radical (unpaired) electrons. The molecule has 0 heterocycles. The Morgan fingerprint density at radius 1 is 1.23 bits per heavy atom. The maximum atomic E-state index is 3.95. The number of hydrogen-bond acceptors (Lipinski definition) is 0. The highest BCUT2D eigenvalue weighted by atomic mass is 14.0. The average molecular weight is 174 g/mol. The zero-order valence-electron chi connectivity index (χ0n) is 8.59. The second-order valence-electron chi connectivity index (χ2n) is 2.79. The summed E-state index contributed by atoms with van der Waals surface area (Å²) in [6.07, 6.45) is 12.8. The van der Waals surface area contributed by atoms with Gasteiger partial charge in [-0.05, 0) is 25.8 Å². The summed E-state index contributed by atoms with van der Waals surface area (Å²) in [5.74, 6) is 0. The highest BCUT2D eigenvalue weighted by molar-refractivity contribution is 5.29. The van der Waals surface area contributed by atoms with Crippen molar-refractivity contribution in [1.29, 1.82) is 0 Å². The summed E-state index contributed by atoms with van der Waals surface area (Å²) >= 11 is 0. The Hall–Kier alpha value is -1.30. The monoisotopic (exact) mass is 174 g/mol. The molecule has 0 N–H and O–H groups in total. The van der Waals surface area contributed by atoms with Crippen LogP contribution in [0.1, 0.15) is 20.3 Å². The van der Waals surface area contributed by atoms with Crippen LogP contribution in [0.3, 0.4) is 0 Å². The summed E-state index contributed by atoms with van der Waals surface area (Å²) in [7, 11) is 0. The van der Waals surface area contributed by atoms with Crippen LogP contribution in [-0.4, -0.2) is 0 Å². The molecule has 0 nitrogen and oxygen atoms in total. The third-order valence-corrected chi connectivity index (χ3v) is 1.65. The predicted molar refractivity (Wildman–Crippen MR) is 61.7 cm³/mol. The molecule has 0 fully saturated rings. The Balaban J connectivity index is 4.18. The van der Waals surface area contributed by atoms with Crippen molar-refractivity contribution >= 4 is 0 Å². The fourth-order valence-corrected chi connectivity index (χ4v) is 0.997. The molecule has 70 valence electrons. The molecule has 0 atom stereocenters. The minimum atomic E-state index is 0.908. The Kier molecular flexibility index (Phi) is 6.62. The van der Waals surface area contributed by atoms with E-state index in [1.165, 1.54) is 5.57 Å². The molecule has 0 rings (SSSR count). The van der Waals surface area contributed by atoms with Crippen LogP contribution >= 0.6 is 0 Å². The van der Waals surface area contributed by atoms with E-state index in [0.717, 1.165) is 12.0 Å². The molecule has 0 spiro atoms. The van der Waals surface area contributed by atoms with Gasteiger partial charge < -0.3 is 0 Å². The Morgan fingerprint density at radius 3 is 2.38 bits per heavy atom. The van der Waals surface area contributed by atoms with Crippen LogP contribution < -0.4 is 0 Å². The van der Waals surface area contributed by atoms with Gasteiger partial charge in [-0.25, -0.2) is 0 Å². The van der Waals surface area contributed by atoms with E-state index in [-0.39, 0.29) is 0 Å². The van der Waals surface area contributed by atoms with Gasteiger partial charge in [0.15, 0.2) is 0 Å². The molecule has 0 amide bonds. The van der Waals surface area contributed by atoms with Gasteiger partial charge in [-0.3, -0.25) is 0 Å².